The molecule has 0 bridgehead atoms. The fourth-order valence-corrected chi connectivity index (χ4v) is 2.85. The molecule has 0 amide bonds. The minimum absolute atomic E-state index is 0.0128. The molecule has 1 saturated heterocycles. The van der Waals surface area contributed by atoms with Crippen molar-refractivity contribution in [3.05, 3.63) is 29.3 Å². The van der Waals surface area contributed by atoms with Gasteiger partial charge in [-0.05, 0) is 44.6 Å². The maximum Gasteiger partial charge on any atom is 0.339 e. The number of phenols is 1. The van der Waals surface area contributed by atoms with E-state index in [4.69, 9.17) is 5.11 Å². The van der Waals surface area contributed by atoms with Crippen LogP contribution >= 0.6 is 0 Å². The molecule has 19 heavy (non-hydrogen) atoms. The lowest BCUT2D eigenvalue weighted by Crippen LogP contribution is -2.34. The van der Waals surface area contributed by atoms with E-state index >= 15 is 0 Å². The Hall–Kier alpha value is -1.88. The highest BCUT2D eigenvalue weighted by molar-refractivity contribution is 5.91. The van der Waals surface area contributed by atoms with Gasteiger partial charge in [0.1, 0.15) is 17.1 Å². The van der Waals surface area contributed by atoms with Crippen LogP contribution in [-0.2, 0) is 4.79 Å². The Morgan fingerprint density at radius 3 is 2.63 bits per heavy atom. The predicted molar refractivity (Wildman–Crippen MR) is 69.5 cm³/mol. The van der Waals surface area contributed by atoms with Gasteiger partial charge in [0.15, 0.2) is 0 Å². The molecule has 0 radical (unpaired) electrons. The summed E-state index contributed by atoms with van der Waals surface area (Å²) in [7, 11) is 1.89. The van der Waals surface area contributed by atoms with Crippen LogP contribution in [0.4, 0.5) is 0 Å². The van der Waals surface area contributed by atoms with Crippen LogP contribution in [0.15, 0.2) is 18.2 Å². The van der Waals surface area contributed by atoms with Crippen molar-refractivity contribution in [3.8, 4) is 5.75 Å². The Bertz CT molecular complexity index is 526. The summed E-state index contributed by atoms with van der Waals surface area (Å²) in [6.45, 7) is 2.36. The largest absolute Gasteiger partial charge is 0.507 e. The summed E-state index contributed by atoms with van der Waals surface area (Å²) in [5.41, 5.74) is 0.675. The van der Waals surface area contributed by atoms with Crippen molar-refractivity contribution in [1.82, 2.24) is 4.90 Å². The van der Waals surface area contributed by atoms with E-state index in [-0.39, 0.29) is 29.1 Å². The molecule has 1 aliphatic rings. The summed E-state index contributed by atoms with van der Waals surface area (Å²) >= 11 is 0. The maximum atomic E-state index is 11.7. The molecule has 1 fully saturated rings. The molecule has 5 heteroatoms. The smallest absolute Gasteiger partial charge is 0.339 e. The van der Waals surface area contributed by atoms with Crippen molar-refractivity contribution >= 4 is 11.8 Å². The van der Waals surface area contributed by atoms with Crippen LogP contribution < -0.4 is 0 Å². The minimum Gasteiger partial charge on any atom is -0.507 e. The fourth-order valence-electron chi connectivity index (χ4n) is 2.85. The number of aromatic carboxylic acids is 1. The van der Waals surface area contributed by atoms with Crippen LogP contribution in [0.25, 0.3) is 0 Å². The monoisotopic (exact) mass is 263 g/mol. The number of carbonyl (C=O) groups excluding carboxylic acids is 1. The van der Waals surface area contributed by atoms with E-state index in [2.05, 4.69) is 0 Å². The fraction of sp³-hybridized carbons (Fsp3) is 0.429. The summed E-state index contributed by atoms with van der Waals surface area (Å²) < 4.78 is 0. The molecule has 1 aliphatic heterocycles. The number of hydrogen-bond donors (Lipinski definition) is 2. The number of likely N-dealkylation sites (tertiary alicyclic amines) is 1. The van der Waals surface area contributed by atoms with E-state index in [0.29, 0.717) is 0 Å². The summed E-state index contributed by atoms with van der Waals surface area (Å²) in [4.78, 5) is 24.7. The second-order valence-corrected chi connectivity index (χ2v) is 5.01. The Morgan fingerprint density at radius 1 is 1.37 bits per heavy atom. The second-order valence-electron chi connectivity index (χ2n) is 5.01. The van der Waals surface area contributed by atoms with Gasteiger partial charge in [-0.25, -0.2) is 4.79 Å². The van der Waals surface area contributed by atoms with Gasteiger partial charge in [-0.1, -0.05) is 6.07 Å². The molecule has 2 N–H and O–H groups in total. The number of carboxylic acids is 1. The molecule has 0 spiro atoms. The van der Waals surface area contributed by atoms with E-state index in [1.807, 2.05) is 11.9 Å². The van der Waals surface area contributed by atoms with Crippen molar-refractivity contribution < 1.29 is 19.8 Å². The number of rotatable bonds is 3. The second kappa shape index (κ2) is 5.01. The van der Waals surface area contributed by atoms with Crippen molar-refractivity contribution in [2.45, 2.75) is 25.3 Å². The maximum absolute atomic E-state index is 11.7. The minimum atomic E-state index is -1.16. The molecule has 2 rings (SSSR count). The Morgan fingerprint density at radius 2 is 2.05 bits per heavy atom. The first kappa shape index (κ1) is 13.5. The zero-order chi connectivity index (χ0) is 14.2. The first-order valence-corrected chi connectivity index (χ1v) is 6.18. The van der Waals surface area contributed by atoms with Crippen molar-refractivity contribution in [1.29, 1.82) is 0 Å². The van der Waals surface area contributed by atoms with Gasteiger partial charge in [0, 0.05) is 5.92 Å². The lowest BCUT2D eigenvalue weighted by atomic mass is 9.88. The number of benzene rings is 1. The number of aromatic hydroxyl groups is 1. The molecule has 1 aromatic rings. The van der Waals surface area contributed by atoms with Crippen molar-refractivity contribution in [2.75, 3.05) is 13.6 Å². The SMILES string of the molecule is CC(=O)C1C(c2ccc(O)c(C(=O)O)c2)CCN1C. The van der Waals surface area contributed by atoms with E-state index in [1.165, 1.54) is 12.1 Å². The van der Waals surface area contributed by atoms with Gasteiger partial charge in [0.2, 0.25) is 0 Å². The number of likely N-dealkylation sites (N-methyl/N-ethyl adjacent to an activating group) is 1. The Labute approximate surface area is 111 Å². The standard InChI is InChI=1S/C14H17NO4/c1-8(16)13-10(5-6-15(13)2)9-3-4-12(17)11(7-9)14(18)19/h3-4,7,10,13,17H,5-6H2,1-2H3,(H,18,19). The van der Waals surface area contributed by atoms with Gasteiger partial charge in [0.05, 0.1) is 6.04 Å². The van der Waals surface area contributed by atoms with Gasteiger partial charge in [0.25, 0.3) is 0 Å². The predicted octanol–water partition coefficient (Wildman–Crippen LogP) is 1.47. The van der Waals surface area contributed by atoms with Crippen molar-refractivity contribution in [3.63, 3.8) is 0 Å². The highest BCUT2D eigenvalue weighted by Gasteiger charge is 2.36. The third-order valence-electron chi connectivity index (χ3n) is 3.74. The lowest BCUT2D eigenvalue weighted by Gasteiger charge is -2.22. The highest BCUT2D eigenvalue weighted by atomic mass is 16.4. The number of ketones is 1. The Balaban J connectivity index is 2.39. The van der Waals surface area contributed by atoms with Crippen LogP contribution in [-0.4, -0.2) is 46.5 Å². The van der Waals surface area contributed by atoms with Gasteiger partial charge in [-0.3, -0.25) is 9.69 Å². The zero-order valence-corrected chi connectivity index (χ0v) is 11.0. The van der Waals surface area contributed by atoms with Crippen LogP contribution in [0.5, 0.6) is 5.75 Å². The van der Waals surface area contributed by atoms with Gasteiger partial charge < -0.3 is 10.2 Å². The summed E-state index contributed by atoms with van der Waals surface area (Å²) in [6, 6.07) is 4.33. The van der Waals surface area contributed by atoms with Crippen LogP contribution in [0, 0.1) is 0 Å². The van der Waals surface area contributed by atoms with E-state index in [1.54, 1.807) is 13.0 Å². The van der Waals surface area contributed by atoms with E-state index in [0.717, 1.165) is 18.5 Å². The lowest BCUT2D eigenvalue weighted by molar-refractivity contribution is -0.121. The first-order valence-electron chi connectivity index (χ1n) is 6.18. The van der Waals surface area contributed by atoms with E-state index < -0.39 is 5.97 Å². The summed E-state index contributed by atoms with van der Waals surface area (Å²) in [6.07, 6.45) is 0.810. The van der Waals surface area contributed by atoms with Gasteiger partial charge in [-0.2, -0.15) is 0 Å². The number of hydrogen-bond acceptors (Lipinski definition) is 4. The quantitative estimate of drug-likeness (QED) is 0.863. The average Bonchev–Trinajstić information content (AvgIpc) is 2.71. The van der Waals surface area contributed by atoms with Gasteiger partial charge >= 0.3 is 5.97 Å². The molecule has 0 aromatic heterocycles. The average molecular weight is 263 g/mol. The number of nitrogens with zero attached hydrogens (tertiary/aromatic N) is 1. The first-order chi connectivity index (χ1) is 8.91. The van der Waals surface area contributed by atoms with Gasteiger partial charge in [-0.15, -0.1) is 0 Å². The molecule has 102 valence electrons. The molecule has 1 aromatic carbocycles. The molecule has 2 atom stereocenters. The van der Waals surface area contributed by atoms with Crippen LogP contribution in [0.2, 0.25) is 0 Å². The molecular weight excluding hydrogens is 246 g/mol. The van der Waals surface area contributed by atoms with Crippen molar-refractivity contribution in [2.24, 2.45) is 0 Å². The third kappa shape index (κ3) is 2.46. The van der Waals surface area contributed by atoms with Crippen LogP contribution in [0.1, 0.15) is 35.2 Å². The summed E-state index contributed by atoms with van der Waals surface area (Å²) in [5, 5.41) is 18.5. The molecule has 0 aliphatic carbocycles. The number of Topliss-reactive ketones (excluding diaryl/α,β-unsaturated/α-hetero) is 1. The highest BCUT2D eigenvalue weighted by Crippen LogP contribution is 2.34. The normalized spacial score (nSPS) is 23.5. The Kier molecular flexibility index (Phi) is 3.57. The molecule has 2 unspecified atom stereocenters. The van der Waals surface area contributed by atoms with E-state index in [9.17, 15) is 14.7 Å². The molecule has 0 saturated carbocycles. The zero-order valence-electron chi connectivity index (χ0n) is 11.0. The topological polar surface area (TPSA) is 77.8 Å². The van der Waals surface area contributed by atoms with Crippen LogP contribution in [0.3, 0.4) is 0 Å². The number of carbonyl (C=O) groups is 2. The molecular formula is C14H17NO4. The molecule has 5 nitrogen and oxygen atoms in total. The summed E-state index contributed by atoms with van der Waals surface area (Å²) in [5.74, 6) is -1.34. The molecule has 1 heterocycles. The number of carboxylic acid groups (broad SMARTS) is 1. The third-order valence-corrected chi connectivity index (χ3v) is 3.74.